The Morgan fingerprint density at radius 3 is 2.33 bits per heavy atom. The first-order valence-electron chi connectivity index (χ1n) is 6.27. The number of hydrogen-bond donors (Lipinski definition) is 2. The molecule has 18 heavy (non-hydrogen) atoms. The molecule has 1 atom stereocenters. The second kappa shape index (κ2) is 4.59. The van der Waals surface area contributed by atoms with E-state index in [0.717, 1.165) is 12.5 Å². The van der Waals surface area contributed by atoms with E-state index in [-0.39, 0.29) is 0 Å². The summed E-state index contributed by atoms with van der Waals surface area (Å²) in [5, 5.41) is 6.26. The summed E-state index contributed by atoms with van der Waals surface area (Å²) in [4.78, 5) is 14.8. The first kappa shape index (κ1) is 12.9. The van der Waals surface area contributed by atoms with E-state index < -0.39 is 0 Å². The highest BCUT2D eigenvalue weighted by atomic mass is 15.3. The number of nitrogens with zero attached hydrogens (tertiary/aromatic N) is 4. The first-order valence-corrected chi connectivity index (χ1v) is 6.27. The minimum absolute atomic E-state index is 0.468. The lowest BCUT2D eigenvalue weighted by atomic mass is 10.1. The highest BCUT2D eigenvalue weighted by molar-refractivity contribution is 5.42. The summed E-state index contributed by atoms with van der Waals surface area (Å²) in [5.41, 5.74) is 0.468. The van der Waals surface area contributed by atoms with Crippen molar-refractivity contribution >= 4 is 17.8 Å². The molecule has 2 rings (SSSR count). The Balaban J connectivity index is 2.05. The SMILES string of the molecule is CNc1nc(NCC2CC2(C)C)nc(N(C)C)n1. The van der Waals surface area contributed by atoms with Crippen LogP contribution in [0.2, 0.25) is 0 Å². The van der Waals surface area contributed by atoms with Crippen LogP contribution < -0.4 is 15.5 Å². The maximum Gasteiger partial charge on any atom is 0.231 e. The molecule has 1 aliphatic rings. The van der Waals surface area contributed by atoms with Crippen molar-refractivity contribution in [2.24, 2.45) is 11.3 Å². The molecule has 1 unspecified atom stereocenters. The third-order valence-electron chi connectivity index (χ3n) is 3.47. The molecule has 0 amide bonds. The molecule has 0 aromatic carbocycles. The molecule has 0 saturated heterocycles. The third kappa shape index (κ3) is 2.80. The number of nitrogens with one attached hydrogen (secondary N) is 2. The predicted molar refractivity (Wildman–Crippen MR) is 74.1 cm³/mol. The summed E-state index contributed by atoms with van der Waals surface area (Å²) in [6.45, 7) is 5.50. The molecule has 1 aliphatic carbocycles. The fourth-order valence-corrected chi connectivity index (χ4v) is 1.89. The van der Waals surface area contributed by atoms with E-state index in [0.29, 0.717) is 23.3 Å². The molecule has 0 radical (unpaired) electrons. The fourth-order valence-electron chi connectivity index (χ4n) is 1.89. The Morgan fingerprint density at radius 1 is 1.22 bits per heavy atom. The van der Waals surface area contributed by atoms with Gasteiger partial charge in [0.25, 0.3) is 0 Å². The van der Waals surface area contributed by atoms with Crippen molar-refractivity contribution < 1.29 is 0 Å². The van der Waals surface area contributed by atoms with Crippen LogP contribution in [0, 0.1) is 11.3 Å². The molecule has 6 heteroatoms. The van der Waals surface area contributed by atoms with Crippen molar-refractivity contribution in [3.8, 4) is 0 Å². The molecule has 100 valence electrons. The van der Waals surface area contributed by atoms with Crippen LogP contribution in [0.25, 0.3) is 0 Å². The molecular weight excluding hydrogens is 228 g/mol. The second-order valence-electron chi connectivity index (χ2n) is 5.70. The van der Waals surface area contributed by atoms with Crippen molar-refractivity contribution in [1.29, 1.82) is 0 Å². The Labute approximate surface area is 108 Å². The van der Waals surface area contributed by atoms with E-state index in [1.165, 1.54) is 6.42 Å². The van der Waals surface area contributed by atoms with Gasteiger partial charge in [0.1, 0.15) is 0 Å². The molecule has 1 fully saturated rings. The van der Waals surface area contributed by atoms with E-state index in [2.05, 4.69) is 39.4 Å². The highest BCUT2D eigenvalue weighted by Gasteiger charge is 2.45. The Kier molecular flexibility index (Phi) is 3.28. The molecule has 0 aliphatic heterocycles. The molecular formula is C12H22N6. The molecule has 6 nitrogen and oxygen atoms in total. The Hall–Kier alpha value is -1.59. The van der Waals surface area contributed by atoms with Crippen LogP contribution in [0.5, 0.6) is 0 Å². The molecule has 2 N–H and O–H groups in total. The van der Waals surface area contributed by atoms with Gasteiger partial charge in [-0.3, -0.25) is 0 Å². The number of anilines is 3. The summed E-state index contributed by atoms with van der Waals surface area (Å²) < 4.78 is 0. The zero-order chi connectivity index (χ0) is 13.3. The van der Waals surface area contributed by atoms with Crippen molar-refractivity contribution in [3.05, 3.63) is 0 Å². The summed E-state index contributed by atoms with van der Waals surface area (Å²) >= 11 is 0. The summed E-state index contributed by atoms with van der Waals surface area (Å²) in [5.74, 6) is 2.61. The minimum atomic E-state index is 0.468. The maximum atomic E-state index is 4.38. The van der Waals surface area contributed by atoms with Crippen molar-refractivity contribution in [2.45, 2.75) is 20.3 Å². The van der Waals surface area contributed by atoms with Crippen LogP contribution in [0.4, 0.5) is 17.8 Å². The highest BCUT2D eigenvalue weighted by Crippen LogP contribution is 2.51. The third-order valence-corrected chi connectivity index (χ3v) is 3.47. The lowest BCUT2D eigenvalue weighted by Gasteiger charge is -2.13. The van der Waals surface area contributed by atoms with Gasteiger partial charge in [0, 0.05) is 27.7 Å². The van der Waals surface area contributed by atoms with Crippen molar-refractivity contribution in [1.82, 2.24) is 15.0 Å². The van der Waals surface area contributed by atoms with Crippen LogP contribution in [0.3, 0.4) is 0 Å². The number of rotatable bonds is 5. The van der Waals surface area contributed by atoms with Gasteiger partial charge in [-0.15, -0.1) is 0 Å². The average molecular weight is 250 g/mol. The minimum Gasteiger partial charge on any atom is -0.357 e. The topological polar surface area (TPSA) is 66.0 Å². The Bertz CT molecular complexity index is 429. The average Bonchev–Trinajstić information content (AvgIpc) is 2.94. The van der Waals surface area contributed by atoms with Crippen LogP contribution in [-0.4, -0.2) is 42.6 Å². The predicted octanol–water partition coefficient (Wildman–Crippen LogP) is 1.44. The van der Waals surface area contributed by atoms with Gasteiger partial charge in [0.2, 0.25) is 17.8 Å². The monoisotopic (exact) mass is 250 g/mol. The lowest BCUT2D eigenvalue weighted by molar-refractivity contribution is 0.572. The van der Waals surface area contributed by atoms with E-state index in [1.807, 2.05) is 26.0 Å². The van der Waals surface area contributed by atoms with Crippen LogP contribution in [-0.2, 0) is 0 Å². The van der Waals surface area contributed by atoms with Gasteiger partial charge in [-0.25, -0.2) is 0 Å². The number of aromatic nitrogens is 3. The Morgan fingerprint density at radius 2 is 1.83 bits per heavy atom. The second-order valence-corrected chi connectivity index (χ2v) is 5.70. The smallest absolute Gasteiger partial charge is 0.231 e. The molecule has 1 heterocycles. The molecule has 1 aromatic rings. The number of hydrogen-bond acceptors (Lipinski definition) is 6. The zero-order valence-corrected chi connectivity index (χ0v) is 11.8. The van der Waals surface area contributed by atoms with Crippen molar-refractivity contribution in [2.75, 3.05) is 43.2 Å². The summed E-state index contributed by atoms with van der Waals surface area (Å²) in [6.07, 6.45) is 1.27. The van der Waals surface area contributed by atoms with Crippen LogP contribution >= 0.6 is 0 Å². The van der Waals surface area contributed by atoms with Gasteiger partial charge in [-0.05, 0) is 17.8 Å². The van der Waals surface area contributed by atoms with E-state index in [1.54, 1.807) is 0 Å². The maximum absolute atomic E-state index is 4.38. The van der Waals surface area contributed by atoms with E-state index >= 15 is 0 Å². The molecule has 1 saturated carbocycles. The van der Waals surface area contributed by atoms with Gasteiger partial charge in [0.05, 0.1) is 0 Å². The molecule has 1 aromatic heterocycles. The van der Waals surface area contributed by atoms with Gasteiger partial charge in [-0.1, -0.05) is 13.8 Å². The van der Waals surface area contributed by atoms with Gasteiger partial charge >= 0.3 is 0 Å². The lowest BCUT2D eigenvalue weighted by Crippen LogP contribution is -2.17. The fraction of sp³-hybridized carbons (Fsp3) is 0.750. The van der Waals surface area contributed by atoms with Gasteiger partial charge in [-0.2, -0.15) is 15.0 Å². The largest absolute Gasteiger partial charge is 0.357 e. The molecule has 0 spiro atoms. The zero-order valence-electron chi connectivity index (χ0n) is 11.8. The normalized spacial score (nSPS) is 20.4. The van der Waals surface area contributed by atoms with Crippen molar-refractivity contribution in [3.63, 3.8) is 0 Å². The summed E-state index contributed by atoms with van der Waals surface area (Å²) in [7, 11) is 5.65. The van der Waals surface area contributed by atoms with Crippen LogP contribution in [0.1, 0.15) is 20.3 Å². The van der Waals surface area contributed by atoms with Gasteiger partial charge in [0.15, 0.2) is 0 Å². The molecule has 0 bridgehead atoms. The standard InChI is InChI=1S/C12H22N6/c1-12(2)6-8(12)7-14-10-15-9(13-3)16-11(17-10)18(4)5/h8H,6-7H2,1-5H3,(H2,13,14,15,16,17). The summed E-state index contributed by atoms with van der Waals surface area (Å²) in [6, 6.07) is 0. The first-order chi connectivity index (χ1) is 8.42. The quantitative estimate of drug-likeness (QED) is 0.824. The van der Waals surface area contributed by atoms with Crippen LogP contribution in [0.15, 0.2) is 0 Å². The van der Waals surface area contributed by atoms with E-state index in [9.17, 15) is 0 Å². The van der Waals surface area contributed by atoms with Gasteiger partial charge < -0.3 is 15.5 Å². The van der Waals surface area contributed by atoms with E-state index in [4.69, 9.17) is 0 Å².